The Morgan fingerprint density at radius 1 is 1.19 bits per heavy atom. The first kappa shape index (κ1) is 12.9. The van der Waals surface area contributed by atoms with Gasteiger partial charge in [0.1, 0.15) is 10.7 Å². The summed E-state index contributed by atoms with van der Waals surface area (Å²) < 4.78 is 15.3. The molecule has 0 N–H and O–H groups in total. The third-order valence-corrected chi connectivity index (χ3v) is 4.63. The van der Waals surface area contributed by atoms with Crippen LogP contribution in [0.15, 0.2) is 6.07 Å². The average molecular weight is 306 g/mol. The molecule has 4 heterocycles. The molecule has 3 aromatic rings. The Morgan fingerprint density at radius 2 is 1.95 bits per heavy atom. The molecule has 1 aliphatic rings. The molecule has 110 valence electrons. The van der Waals surface area contributed by atoms with Crippen LogP contribution in [-0.2, 0) is 0 Å². The number of piperazine rings is 1. The van der Waals surface area contributed by atoms with E-state index in [1.165, 1.54) is 6.07 Å². The third kappa shape index (κ3) is 2.06. The van der Waals surface area contributed by atoms with Crippen LogP contribution in [0, 0.1) is 12.1 Å². The highest BCUT2D eigenvalue weighted by atomic mass is 32.1. The van der Waals surface area contributed by atoms with Crippen LogP contribution < -0.4 is 4.90 Å². The third-order valence-electron chi connectivity index (χ3n) is 3.81. The molecular weight excluding hydrogens is 291 g/mol. The summed E-state index contributed by atoms with van der Waals surface area (Å²) in [7, 11) is 2.11. The van der Waals surface area contributed by atoms with Crippen LogP contribution in [0.4, 0.5) is 10.3 Å². The van der Waals surface area contributed by atoms with Gasteiger partial charge < -0.3 is 9.80 Å². The molecule has 0 atom stereocenters. The van der Waals surface area contributed by atoms with Crippen LogP contribution in [0.25, 0.3) is 15.9 Å². The van der Waals surface area contributed by atoms with Crippen LogP contribution in [0.5, 0.6) is 0 Å². The van der Waals surface area contributed by atoms with Crippen molar-refractivity contribution in [2.75, 3.05) is 38.1 Å². The minimum absolute atomic E-state index is 0.240. The summed E-state index contributed by atoms with van der Waals surface area (Å²) in [5, 5.41) is 4.93. The second kappa shape index (κ2) is 4.60. The van der Waals surface area contributed by atoms with Crippen molar-refractivity contribution in [2.45, 2.75) is 6.92 Å². The van der Waals surface area contributed by atoms with Crippen molar-refractivity contribution in [3.05, 3.63) is 17.0 Å². The van der Waals surface area contributed by atoms with Crippen molar-refractivity contribution < 1.29 is 4.39 Å². The smallest absolute Gasteiger partial charge is 0.230 e. The molecule has 8 heteroatoms. The largest absolute Gasteiger partial charge is 0.338 e. The summed E-state index contributed by atoms with van der Waals surface area (Å²) in [6.07, 6.45) is 0. The zero-order valence-electron chi connectivity index (χ0n) is 11.9. The zero-order chi connectivity index (χ0) is 14.6. The number of aromatic nitrogens is 4. The molecule has 0 radical (unpaired) electrons. The maximum absolute atomic E-state index is 13.6. The molecular formula is C13H15FN6S. The molecule has 4 rings (SSSR count). The Bertz CT molecular complexity index is 817. The average Bonchev–Trinajstić information content (AvgIpc) is 3.00. The number of halogens is 1. The van der Waals surface area contributed by atoms with Gasteiger partial charge in [0.25, 0.3) is 0 Å². The first-order valence-electron chi connectivity index (χ1n) is 6.88. The number of likely N-dealkylation sites (N-methyl/N-ethyl adjacent to an activating group) is 1. The molecule has 1 aliphatic heterocycles. The summed E-state index contributed by atoms with van der Waals surface area (Å²) in [6.45, 7) is 5.57. The van der Waals surface area contributed by atoms with E-state index in [0.29, 0.717) is 16.3 Å². The number of anilines is 1. The Labute approximate surface area is 124 Å². The van der Waals surface area contributed by atoms with E-state index in [4.69, 9.17) is 0 Å². The second-order valence-corrected chi connectivity index (χ2v) is 6.35. The Hall–Kier alpha value is -1.80. The molecule has 0 unspecified atom stereocenters. The van der Waals surface area contributed by atoms with E-state index in [9.17, 15) is 4.39 Å². The molecule has 1 fully saturated rings. The summed E-state index contributed by atoms with van der Waals surface area (Å²) >= 11 is 1.06. The number of rotatable bonds is 1. The number of hydrogen-bond acceptors (Lipinski definition) is 6. The molecule has 0 aromatic carbocycles. The second-order valence-electron chi connectivity index (χ2n) is 5.37. The molecule has 0 bridgehead atoms. The SMILES string of the molecule is Cc1nc2c3cc(F)sc3nc(N3CCN(C)CC3)n2n1. The lowest BCUT2D eigenvalue weighted by Crippen LogP contribution is -2.45. The molecule has 0 saturated carbocycles. The van der Waals surface area contributed by atoms with Gasteiger partial charge in [-0.2, -0.15) is 8.91 Å². The van der Waals surface area contributed by atoms with Crippen molar-refractivity contribution >= 4 is 33.1 Å². The summed E-state index contributed by atoms with van der Waals surface area (Å²) in [6, 6.07) is 1.49. The van der Waals surface area contributed by atoms with Gasteiger partial charge in [-0.05, 0) is 20.0 Å². The fraction of sp³-hybridized carbons (Fsp3) is 0.462. The van der Waals surface area contributed by atoms with Crippen molar-refractivity contribution in [3.8, 4) is 0 Å². The van der Waals surface area contributed by atoms with Crippen molar-refractivity contribution in [1.82, 2.24) is 24.5 Å². The Morgan fingerprint density at radius 3 is 2.71 bits per heavy atom. The topological polar surface area (TPSA) is 49.6 Å². The molecule has 3 aromatic heterocycles. The highest BCUT2D eigenvalue weighted by Crippen LogP contribution is 2.29. The van der Waals surface area contributed by atoms with E-state index < -0.39 is 0 Å². The summed E-state index contributed by atoms with van der Waals surface area (Å²) in [4.78, 5) is 14.2. The quantitative estimate of drug-likeness (QED) is 0.682. The highest BCUT2D eigenvalue weighted by molar-refractivity contribution is 7.17. The minimum atomic E-state index is -0.240. The number of hydrogen-bond donors (Lipinski definition) is 0. The zero-order valence-corrected chi connectivity index (χ0v) is 12.7. The summed E-state index contributed by atoms with van der Waals surface area (Å²) in [5.74, 6) is 1.43. The molecule has 6 nitrogen and oxygen atoms in total. The van der Waals surface area contributed by atoms with Gasteiger partial charge >= 0.3 is 0 Å². The maximum Gasteiger partial charge on any atom is 0.230 e. The fourth-order valence-electron chi connectivity index (χ4n) is 2.67. The molecule has 21 heavy (non-hydrogen) atoms. The molecule has 0 spiro atoms. The van der Waals surface area contributed by atoms with Gasteiger partial charge in [-0.3, -0.25) is 0 Å². The van der Waals surface area contributed by atoms with E-state index in [1.54, 1.807) is 4.52 Å². The van der Waals surface area contributed by atoms with Crippen LogP contribution in [0.2, 0.25) is 0 Å². The van der Waals surface area contributed by atoms with E-state index in [-0.39, 0.29) is 5.13 Å². The lowest BCUT2D eigenvalue weighted by Gasteiger charge is -2.32. The van der Waals surface area contributed by atoms with Crippen molar-refractivity contribution in [1.29, 1.82) is 0 Å². The lowest BCUT2D eigenvalue weighted by molar-refractivity contribution is 0.310. The van der Waals surface area contributed by atoms with Crippen LogP contribution in [-0.4, -0.2) is 57.7 Å². The fourth-order valence-corrected chi connectivity index (χ4v) is 3.42. The molecule has 0 amide bonds. The van der Waals surface area contributed by atoms with E-state index >= 15 is 0 Å². The number of thiophene rings is 1. The number of aryl methyl sites for hydroxylation is 1. The van der Waals surface area contributed by atoms with Gasteiger partial charge in [0, 0.05) is 26.2 Å². The normalized spacial score (nSPS) is 17.2. The van der Waals surface area contributed by atoms with Gasteiger partial charge in [-0.1, -0.05) is 11.3 Å². The van der Waals surface area contributed by atoms with Crippen LogP contribution >= 0.6 is 11.3 Å². The molecule has 1 saturated heterocycles. The number of nitrogens with zero attached hydrogens (tertiary/aromatic N) is 6. The minimum Gasteiger partial charge on any atom is -0.338 e. The van der Waals surface area contributed by atoms with Crippen molar-refractivity contribution in [2.24, 2.45) is 0 Å². The van der Waals surface area contributed by atoms with E-state index in [0.717, 1.165) is 48.9 Å². The van der Waals surface area contributed by atoms with Gasteiger partial charge in [0.05, 0.1) is 5.39 Å². The standard InChI is InChI=1S/C13H15FN6S/c1-8-15-11-9-7-10(14)21-12(9)16-13(20(11)17-8)19-5-3-18(2)4-6-19/h7H,3-6H2,1-2H3. The highest BCUT2D eigenvalue weighted by Gasteiger charge is 2.22. The van der Waals surface area contributed by atoms with Gasteiger partial charge in [0.2, 0.25) is 5.95 Å². The first-order chi connectivity index (χ1) is 10.1. The maximum atomic E-state index is 13.6. The molecule has 0 aliphatic carbocycles. The van der Waals surface area contributed by atoms with Crippen molar-refractivity contribution in [3.63, 3.8) is 0 Å². The van der Waals surface area contributed by atoms with E-state index in [1.807, 2.05) is 6.92 Å². The predicted octanol–water partition coefficient (Wildman–Crippen LogP) is 1.54. The van der Waals surface area contributed by atoms with Crippen LogP contribution in [0.1, 0.15) is 5.82 Å². The Balaban J connectivity index is 1.93. The summed E-state index contributed by atoms with van der Waals surface area (Å²) in [5.41, 5.74) is 0.687. The van der Waals surface area contributed by atoms with Gasteiger partial charge in [-0.15, -0.1) is 5.10 Å². The van der Waals surface area contributed by atoms with E-state index in [2.05, 4.69) is 31.9 Å². The first-order valence-corrected chi connectivity index (χ1v) is 7.69. The Kier molecular flexibility index (Phi) is 2.83. The van der Waals surface area contributed by atoms with Crippen LogP contribution in [0.3, 0.4) is 0 Å². The predicted molar refractivity (Wildman–Crippen MR) is 80.6 cm³/mol. The van der Waals surface area contributed by atoms with Gasteiger partial charge in [0.15, 0.2) is 10.8 Å². The lowest BCUT2D eigenvalue weighted by atomic mass is 10.3. The van der Waals surface area contributed by atoms with Gasteiger partial charge in [-0.25, -0.2) is 9.97 Å². The monoisotopic (exact) mass is 306 g/mol. The number of fused-ring (bicyclic) bond motifs is 3.